The first kappa shape index (κ1) is 18.0. The molecule has 1 N–H and O–H groups in total. The van der Waals surface area contributed by atoms with Crippen LogP contribution in [0.25, 0.3) is 0 Å². The highest BCUT2D eigenvalue weighted by molar-refractivity contribution is 6.30. The average Bonchev–Trinajstić information content (AvgIpc) is 3.01. The van der Waals surface area contributed by atoms with E-state index in [0.717, 1.165) is 5.56 Å². The zero-order chi connectivity index (χ0) is 18.5. The van der Waals surface area contributed by atoms with Crippen LogP contribution in [0.1, 0.15) is 12.0 Å². The number of amides is 2. The maximum absolute atomic E-state index is 13.0. The third kappa shape index (κ3) is 4.41. The van der Waals surface area contributed by atoms with Crippen LogP contribution in [0.15, 0.2) is 48.5 Å². The summed E-state index contributed by atoms with van der Waals surface area (Å²) in [4.78, 5) is 25.9. The number of carbonyl (C=O) groups excluding carboxylic acids is 2. The third-order valence-corrected chi connectivity index (χ3v) is 4.28. The number of halogens is 2. The van der Waals surface area contributed by atoms with E-state index in [2.05, 4.69) is 17.2 Å². The summed E-state index contributed by atoms with van der Waals surface area (Å²) >= 11 is 5.89. The van der Waals surface area contributed by atoms with Crippen molar-refractivity contribution in [3.05, 3.63) is 64.9 Å². The van der Waals surface area contributed by atoms with Crippen LogP contribution in [0.5, 0.6) is 0 Å². The zero-order valence-corrected chi connectivity index (χ0v) is 14.6. The smallest absolute Gasteiger partial charge is 0.227 e. The summed E-state index contributed by atoms with van der Waals surface area (Å²) in [5.41, 5.74) is 1.36. The van der Waals surface area contributed by atoms with E-state index in [1.54, 1.807) is 18.2 Å². The molecule has 1 atom stereocenters. The Morgan fingerprint density at radius 3 is 2.77 bits per heavy atom. The van der Waals surface area contributed by atoms with Gasteiger partial charge in [-0.25, -0.2) is 4.39 Å². The molecule has 1 saturated heterocycles. The average molecular weight is 371 g/mol. The van der Waals surface area contributed by atoms with E-state index < -0.39 is 5.92 Å². The number of rotatable bonds is 3. The molecule has 1 aliphatic rings. The van der Waals surface area contributed by atoms with Gasteiger partial charge in [-0.2, -0.15) is 0 Å². The van der Waals surface area contributed by atoms with Crippen LogP contribution in [0.3, 0.4) is 0 Å². The number of benzene rings is 2. The quantitative estimate of drug-likeness (QED) is 0.844. The van der Waals surface area contributed by atoms with Crippen LogP contribution >= 0.6 is 11.6 Å². The Morgan fingerprint density at radius 2 is 2.04 bits per heavy atom. The highest BCUT2D eigenvalue weighted by Crippen LogP contribution is 2.25. The summed E-state index contributed by atoms with van der Waals surface area (Å²) in [5.74, 6) is 4.60. The van der Waals surface area contributed by atoms with Crippen LogP contribution in [-0.4, -0.2) is 24.9 Å². The lowest BCUT2D eigenvalue weighted by Crippen LogP contribution is -2.33. The van der Waals surface area contributed by atoms with Crippen molar-refractivity contribution in [2.75, 3.05) is 18.0 Å². The van der Waals surface area contributed by atoms with Crippen molar-refractivity contribution >= 4 is 29.1 Å². The Balaban J connectivity index is 1.54. The minimum absolute atomic E-state index is 0.130. The molecular weight excluding hydrogens is 355 g/mol. The summed E-state index contributed by atoms with van der Waals surface area (Å²) in [6, 6.07) is 12.8. The molecule has 1 fully saturated rings. The summed E-state index contributed by atoms with van der Waals surface area (Å²) in [5, 5.41) is 3.33. The van der Waals surface area contributed by atoms with Crippen molar-refractivity contribution in [2.24, 2.45) is 5.92 Å². The minimum Gasteiger partial charge on any atom is -0.345 e. The molecule has 1 aliphatic heterocycles. The van der Waals surface area contributed by atoms with E-state index in [-0.39, 0.29) is 37.1 Å². The van der Waals surface area contributed by atoms with Crippen LogP contribution in [0.4, 0.5) is 10.1 Å². The zero-order valence-electron chi connectivity index (χ0n) is 13.8. The Labute approximate surface area is 156 Å². The van der Waals surface area contributed by atoms with E-state index in [1.165, 1.54) is 29.2 Å². The highest BCUT2D eigenvalue weighted by Gasteiger charge is 2.34. The number of nitrogens with one attached hydrogen (secondary N) is 1. The molecule has 26 heavy (non-hydrogen) atoms. The molecule has 0 aromatic heterocycles. The van der Waals surface area contributed by atoms with Crippen LogP contribution in [-0.2, 0) is 9.59 Å². The molecule has 0 radical (unpaired) electrons. The van der Waals surface area contributed by atoms with E-state index in [4.69, 9.17) is 11.6 Å². The molecule has 132 valence electrons. The predicted octanol–water partition coefficient (Wildman–Crippen LogP) is 3.00. The molecule has 2 aromatic carbocycles. The van der Waals surface area contributed by atoms with Crippen molar-refractivity contribution in [1.29, 1.82) is 0 Å². The lowest BCUT2D eigenvalue weighted by atomic mass is 10.1. The van der Waals surface area contributed by atoms with Gasteiger partial charge in [0.25, 0.3) is 0 Å². The van der Waals surface area contributed by atoms with Crippen LogP contribution < -0.4 is 10.2 Å². The van der Waals surface area contributed by atoms with Gasteiger partial charge in [-0.15, -0.1) is 0 Å². The van der Waals surface area contributed by atoms with Gasteiger partial charge < -0.3 is 10.2 Å². The van der Waals surface area contributed by atoms with E-state index >= 15 is 0 Å². The highest BCUT2D eigenvalue weighted by atomic mass is 35.5. The topological polar surface area (TPSA) is 49.4 Å². The fraction of sp³-hybridized carbons (Fsp3) is 0.200. The normalized spacial score (nSPS) is 16.2. The summed E-state index contributed by atoms with van der Waals surface area (Å²) in [6.45, 7) is 0.463. The molecule has 2 aromatic rings. The maximum atomic E-state index is 13.0. The number of nitrogens with zero attached hydrogens (tertiary/aromatic N) is 1. The standard InChI is InChI=1S/C20H16ClFN2O2/c21-16-5-1-3-14(11-16)4-2-10-23-20(26)15-12-19(25)24(13-15)18-8-6-17(22)7-9-18/h1,3,5-9,11,15H,10,12-13H2,(H,23,26). The number of hydrogen-bond acceptors (Lipinski definition) is 2. The van der Waals surface area contributed by atoms with Gasteiger partial charge in [0.15, 0.2) is 0 Å². The molecule has 0 saturated carbocycles. The molecule has 0 aliphatic carbocycles. The Kier molecular flexibility index (Phi) is 5.55. The van der Waals surface area contributed by atoms with Gasteiger partial charge in [-0.3, -0.25) is 9.59 Å². The molecule has 1 unspecified atom stereocenters. The van der Waals surface area contributed by atoms with Gasteiger partial charge in [0.05, 0.1) is 12.5 Å². The fourth-order valence-electron chi connectivity index (χ4n) is 2.74. The van der Waals surface area contributed by atoms with Crippen molar-refractivity contribution in [2.45, 2.75) is 6.42 Å². The molecule has 4 nitrogen and oxygen atoms in total. The Bertz CT molecular complexity index is 887. The molecular formula is C20H16ClFN2O2. The maximum Gasteiger partial charge on any atom is 0.227 e. The van der Waals surface area contributed by atoms with E-state index in [1.807, 2.05) is 6.07 Å². The van der Waals surface area contributed by atoms with Gasteiger partial charge in [-0.1, -0.05) is 29.5 Å². The van der Waals surface area contributed by atoms with Crippen molar-refractivity contribution in [1.82, 2.24) is 5.32 Å². The van der Waals surface area contributed by atoms with Crippen LogP contribution in [0, 0.1) is 23.6 Å². The second kappa shape index (κ2) is 8.03. The lowest BCUT2D eigenvalue weighted by molar-refractivity contribution is -0.126. The number of carbonyl (C=O) groups is 2. The molecule has 1 heterocycles. The van der Waals surface area contributed by atoms with Gasteiger partial charge in [-0.05, 0) is 42.5 Å². The van der Waals surface area contributed by atoms with E-state index in [0.29, 0.717) is 10.7 Å². The monoisotopic (exact) mass is 370 g/mol. The molecule has 0 spiro atoms. The Hall–Kier alpha value is -2.84. The first-order valence-corrected chi connectivity index (χ1v) is 8.49. The largest absolute Gasteiger partial charge is 0.345 e. The summed E-state index contributed by atoms with van der Waals surface area (Å²) in [7, 11) is 0. The second-order valence-electron chi connectivity index (χ2n) is 5.91. The fourth-order valence-corrected chi connectivity index (χ4v) is 2.93. The van der Waals surface area contributed by atoms with Crippen molar-refractivity contribution < 1.29 is 14.0 Å². The van der Waals surface area contributed by atoms with Gasteiger partial charge in [0.1, 0.15) is 5.82 Å². The lowest BCUT2D eigenvalue weighted by Gasteiger charge is -2.16. The van der Waals surface area contributed by atoms with Gasteiger partial charge in [0.2, 0.25) is 11.8 Å². The van der Waals surface area contributed by atoms with Crippen LogP contribution in [0.2, 0.25) is 5.02 Å². The van der Waals surface area contributed by atoms with Crippen molar-refractivity contribution in [3.63, 3.8) is 0 Å². The molecule has 2 amide bonds. The number of anilines is 1. The van der Waals surface area contributed by atoms with E-state index in [9.17, 15) is 14.0 Å². The first-order valence-electron chi connectivity index (χ1n) is 8.11. The first-order chi connectivity index (χ1) is 12.5. The molecule has 0 bridgehead atoms. The third-order valence-electron chi connectivity index (χ3n) is 4.04. The minimum atomic E-state index is -0.444. The number of hydrogen-bond donors (Lipinski definition) is 1. The van der Waals surface area contributed by atoms with Gasteiger partial charge >= 0.3 is 0 Å². The predicted molar refractivity (Wildman–Crippen MR) is 98.2 cm³/mol. The molecule has 6 heteroatoms. The Morgan fingerprint density at radius 1 is 1.27 bits per heavy atom. The summed E-state index contributed by atoms with van der Waals surface area (Å²) < 4.78 is 13.0. The summed E-state index contributed by atoms with van der Waals surface area (Å²) in [6.07, 6.45) is 0.130. The van der Waals surface area contributed by atoms with Crippen molar-refractivity contribution in [3.8, 4) is 11.8 Å². The van der Waals surface area contributed by atoms with Gasteiger partial charge in [0, 0.05) is 29.2 Å². The second-order valence-corrected chi connectivity index (χ2v) is 6.35. The molecule has 3 rings (SSSR count). The SMILES string of the molecule is O=C(NCC#Cc1cccc(Cl)c1)C1CC(=O)N(c2ccc(F)cc2)C1.